The van der Waals surface area contributed by atoms with E-state index in [4.69, 9.17) is 0 Å². The number of hydrogen-bond donors (Lipinski definition) is 0. The molecule has 0 bridgehead atoms. The van der Waals surface area contributed by atoms with Crippen molar-refractivity contribution < 1.29 is 9.18 Å². The van der Waals surface area contributed by atoms with Crippen molar-refractivity contribution >= 4 is 24.0 Å². The molecule has 1 atom stereocenters. The summed E-state index contributed by atoms with van der Waals surface area (Å²) in [4.78, 5) is 24.0. The number of aromatic nitrogens is 2. The maximum Gasteiger partial charge on any atom is 0.233 e. The molecule has 3 aromatic rings. The van der Waals surface area contributed by atoms with Crippen molar-refractivity contribution in [2.45, 2.75) is 33.2 Å². The minimum absolute atomic E-state index is 0. The van der Waals surface area contributed by atoms with Gasteiger partial charge in [-0.15, -0.1) is 12.4 Å². The molecule has 4 rings (SSSR count). The number of halogens is 2. The molecule has 0 saturated carbocycles. The van der Waals surface area contributed by atoms with Crippen LogP contribution < -0.4 is 4.90 Å². The predicted octanol–water partition coefficient (Wildman–Crippen LogP) is 5.01. The Morgan fingerprint density at radius 3 is 2.52 bits per heavy atom. The normalized spacial score (nSPS) is 15.4. The van der Waals surface area contributed by atoms with E-state index in [-0.39, 0.29) is 29.8 Å². The van der Waals surface area contributed by atoms with Gasteiger partial charge in [0.25, 0.3) is 0 Å². The summed E-state index contributed by atoms with van der Waals surface area (Å²) < 4.78 is 14.1. The van der Waals surface area contributed by atoms with Gasteiger partial charge in [-0.3, -0.25) is 4.79 Å². The maximum absolute atomic E-state index is 14.1. The van der Waals surface area contributed by atoms with Crippen LogP contribution in [0.1, 0.15) is 51.5 Å². The number of carbonyl (C=O) groups excluding carboxylic acids is 1. The first kappa shape index (κ1) is 20.9. The standard InChI is InChI=1S/C23H22FN3O.ClH/c1-14-15(2)25-22(21(28)19-10-6-7-11-20(19)24)26-23(14)27-13-12-17-8-4-5-9-18(17)16(27)3;/h4-11,16H,12-13H2,1-3H3;1H. The van der Waals surface area contributed by atoms with Gasteiger partial charge in [0.2, 0.25) is 11.6 Å². The molecule has 1 unspecified atom stereocenters. The summed E-state index contributed by atoms with van der Waals surface area (Å²) in [5.41, 5.74) is 4.28. The number of anilines is 1. The molecule has 29 heavy (non-hydrogen) atoms. The average molecular weight is 412 g/mol. The van der Waals surface area contributed by atoms with Crippen LogP contribution in [0.4, 0.5) is 10.2 Å². The number of aryl methyl sites for hydroxylation is 1. The summed E-state index contributed by atoms with van der Waals surface area (Å²) in [7, 11) is 0. The third kappa shape index (κ3) is 3.75. The van der Waals surface area contributed by atoms with Crippen molar-refractivity contribution in [2.24, 2.45) is 0 Å². The Morgan fingerprint density at radius 2 is 1.76 bits per heavy atom. The van der Waals surface area contributed by atoms with Gasteiger partial charge in [-0.1, -0.05) is 36.4 Å². The SMILES string of the molecule is Cc1nc(C(=O)c2ccccc2F)nc(N2CCc3ccccc3C2C)c1C.Cl. The van der Waals surface area contributed by atoms with E-state index < -0.39 is 11.6 Å². The molecular weight excluding hydrogens is 389 g/mol. The van der Waals surface area contributed by atoms with Gasteiger partial charge in [0.05, 0.1) is 11.6 Å². The lowest BCUT2D eigenvalue weighted by Gasteiger charge is -2.37. The highest BCUT2D eigenvalue weighted by Gasteiger charge is 2.28. The quantitative estimate of drug-likeness (QED) is 0.568. The summed E-state index contributed by atoms with van der Waals surface area (Å²) in [6.07, 6.45) is 0.916. The van der Waals surface area contributed by atoms with Crippen LogP contribution in [-0.4, -0.2) is 22.3 Å². The minimum Gasteiger partial charge on any atom is -0.349 e. The first-order valence-corrected chi connectivity index (χ1v) is 9.46. The number of nitrogens with zero attached hydrogens (tertiary/aromatic N) is 3. The molecule has 0 fully saturated rings. The van der Waals surface area contributed by atoms with Gasteiger partial charge in [-0.25, -0.2) is 14.4 Å². The van der Waals surface area contributed by atoms with Gasteiger partial charge in [0, 0.05) is 17.8 Å². The maximum atomic E-state index is 14.1. The third-order valence-corrected chi connectivity index (χ3v) is 5.55. The second-order valence-corrected chi connectivity index (χ2v) is 7.21. The van der Waals surface area contributed by atoms with Gasteiger partial charge >= 0.3 is 0 Å². The summed E-state index contributed by atoms with van der Waals surface area (Å²) >= 11 is 0. The first-order chi connectivity index (χ1) is 13.5. The molecule has 1 aromatic heterocycles. The Hall–Kier alpha value is -2.79. The molecule has 0 saturated heterocycles. The Labute approximate surface area is 176 Å². The molecular formula is C23H23ClFN3O. The zero-order chi connectivity index (χ0) is 19.8. The Balaban J connectivity index is 0.00000240. The highest BCUT2D eigenvalue weighted by Crippen LogP contribution is 2.34. The van der Waals surface area contributed by atoms with Crippen molar-refractivity contribution in [3.8, 4) is 0 Å². The van der Waals surface area contributed by atoms with Crippen LogP contribution in [-0.2, 0) is 6.42 Å². The molecule has 0 amide bonds. The Kier molecular flexibility index (Phi) is 5.99. The van der Waals surface area contributed by atoms with Crippen LogP contribution in [0.5, 0.6) is 0 Å². The number of benzene rings is 2. The summed E-state index contributed by atoms with van der Waals surface area (Å²) in [5.74, 6) is -0.271. The van der Waals surface area contributed by atoms with Crippen LogP contribution in [0, 0.1) is 19.7 Å². The van der Waals surface area contributed by atoms with Crippen molar-refractivity contribution in [3.05, 3.63) is 88.1 Å². The Bertz CT molecular complexity index is 1070. The van der Waals surface area contributed by atoms with Crippen molar-refractivity contribution in [2.75, 3.05) is 11.4 Å². The van der Waals surface area contributed by atoms with E-state index in [1.807, 2.05) is 19.9 Å². The highest BCUT2D eigenvalue weighted by molar-refractivity contribution is 6.06. The molecule has 1 aliphatic rings. The first-order valence-electron chi connectivity index (χ1n) is 9.46. The third-order valence-electron chi connectivity index (χ3n) is 5.55. The number of carbonyl (C=O) groups is 1. The van der Waals surface area contributed by atoms with Gasteiger partial charge in [0.15, 0.2) is 0 Å². The number of hydrogen-bond acceptors (Lipinski definition) is 4. The summed E-state index contributed by atoms with van der Waals surface area (Å²) in [6.45, 7) is 6.78. The number of rotatable bonds is 3. The Morgan fingerprint density at radius 1 is 1.07 bits per heavy atom. The largest absolute Gasteiger partial charge is 0.349 e. The topological polar surface area (TPSA) is 46.1 Å². The second kappa shape index (κ2) is 8.29. The van der Waals surface area contributed by atoms with Crippen LogP contribution in [0.25, 0.3) is 0 Å². The smallest absolute Gasteiger partial charge is 0.233 e. The van der Waals surface area contributed by atoms with Crippen molar-refractivity contribution in [1.29, 1.82) is 0 Å². The van der Waals surface area contributed by atoms with E-state index in [9.17, 15) is 9.18 Å². The van der Waals surface area contributed by atoms with Crippen LogP contribution in [0.2, 0.25) is 0 Å². The van der Waals surface area contributed by atoms with E-state index in [0.717, 1.165) is 30.0 Å². The van der Waals surface area contributed by atoms with Gasteiger partial charge in [-0.05, 0) is 50.5 Å². The lowest BCUT2D eigenvalue weighted by molar-refractivity contribution is 0.102. The lowest BCUT2D eigenvalue weighted by atomic mass is 9.93. The molecule has 2 aromatic carbocycles. The van der Waals surface area contributed by atoms with E-state index in [0.29, 0.717) is 0 Å². The zero-order valence-corrected chi connectivity index (χ0v) is 17.5. The molecule has 4 nitrogen and oxygen atoms in total. The fraction of sp³-hybridized carbons (Fsp3) is 0.261. The molecule has 6 heteroatoms. The zero-order valence-electron chi connectivity index (χ0n) is 16.6. The number of ketones is 1. The number of fused-ring (bicyclic) bond motifs is 1. The lowest BCUT2D eigenvalue weighted by Crippen LogP contribution is -2.35. The monoisotopic (exact) mass is 411 g/mol. The molecule has 2 heterocycles. The predicted molar refractivity (Wildman–Crippen MR) is 114 cm³/mol. The van der Waals surface area contributed by atoms with Crippen molar-refractivity contribution in [3.63, 3.8) is 0 Å². The summed E-state index contributed by atoms with van der Waals surface area (Å²) in [5, 5.41) is 0. The van der Waals surface area contributed by atoms with Gasteiger partial charge in [0.1, 0.15) is 11.6 Å². The van der Waals surface area contributed by atoms with Crippen LogP contribution in [0.3, 0.4) is 0 Å². The van der Waals surface area contributed by atoms with Crippen molar-refractivity contribution in [1.82, 2.24) is 9.97 Å². The molecule has 0 N–H and O–H groups in total. The fourth-order valence-corrected chi connectivity index (χ4v) is 3.82. The summed E-state index contributed by atoms with van der Waals surface area (Å²) in [6, 6.07) is 14.5. The van der Waals surface area contributed by atoms with E-state index in [2.05, 4.69) is 40.0 Å². The van der Waals surface area contributed by atoms with Gasteiger partial charge < -0.3 is 4.90 Å². The van der Waals surface area contributed by atoms with E-state index in [1.165, 1.54) is 23.3 Å². The van der Waals surface area contributed by atoms with Crippen LogP contribution in [0.15, 0.2) is 48.5 Å². The van der Waals surface area contributed by atoms with Gasteiger partial charge in [-0.2, -0.15) is 0 Å². The average Bonchev–Trinajstić information content (AvgIpc) is 2.71. The molecule has 0 radical (unpaired) electrons. The molecule has 0 spiro atoms. The minimum atomic E-state index is -0.559. The molecule has 0 aliphatic carbocycles. The molecule has 1 aliphatic heterocycles. The van der Waals surface area contributed by atoms with Crippen LogP contribution >= 0.6 is 12.4 Å². The van der Waals surface area contributed by atoms with E-state index in [1.54, 1.807) is 12.1 Å². The fourth-order valence-electron chi connectivity index (χ4n) is 3.82. The van der Waals surface area contributed by atoms with E-state index >= 15 is 0 Å². The molecule has 150 valence electrons. The highest BCUT2D eigenvalue weighted by atomic mass is 35.5. The second-order valence-electron chi connectivity index (χ2n) is 7.21.